The van der Waals surface area contributed by atoms with Crippen LogP contribution in [0.25, 0.3) is 0 Å². The molecule has 0 unspecified atom stereocenters. The number of hydrogen-bond acceptors (Lipinski definition) is 3. The summed E-state index contributed by atoms with van der Waals surface area (Å²) in [6, 6.07) is 4.25. The monoisotopic (exact) mass is 221 g/mol. The van der Waals surface area contributed by atoms with Crippen LogP contribution < -0.4 is 5.32 Å². The molecule has 0 atom stereocenters. The van der Waals surface area contributed by atoms with Crippen molar-refractivity contribution in [3.63, 3.8) is 0 Å². The Balaban J connectivity index is 0.000000606. The number of rotatable bonds is 2. The summed E-state index contributed by atoms with van der Waals surface area (Å²) in [5, 5.41) is 3.35. The molecule has 0 bridgehead atoms. The Kier molecular flexibility index (Phi) is 6.04. The first-order valence-corrected chi connectivity index (χ1v) is 6.19. The third kappa shape index (κ3) is 4.29. The lowest BCUT2D eigenvalue weighted by Crippen LogP contribution is -2.42. The zero-order chi connectivity index (χ0) is 11.8. The Morgan fingerprint density at radius 2 is 1.94 bits per heavy atom. The summed E-state index contributed by atoms with van der Waals surface area (Å²) in [5.74, 6) is 0. The van der Waals surface area contributed by atoms with Gasteiger partial charge in [-0.1, -0.05) is 19.9 Å². The molecule has 0 spiro atoms. The summed E-state index contributed by atoms with van der Waals surface area (Å²) < 4.78 is 0. The van der Waals surface area contributed by atoms with Gasteiger partial charge in [0.15, 0.2) is 0 Å². The molecule has 1 aliphatic rings. The molecule has 2 rings (SSSR count). The summed E-state index contributed by atoms with van der Waals surface area (Å²) in [7, 11) is 0. The lowest BCUT2D eigenvalue weighted by molar-refractivity contribution is 0.233. The van der Waals surface area contributed by atoms with Gasteiger partial charge in [0.1, 0.15) is 0 Å². The highest BCUT2D eigenvalue weighted by Crippen LogP contribution is 2.04. The number of pyridine rings is 1. The molecule has 1 aliphatic heterocycles. The van der Waals surface area contributed by atoms with Crippen molar-refractivity contribution in [2.45, 2.75) is 27.3 Å². The van der Waals surface area contributed by atoms with Gasteiger partial charge in [0.05, 0.1) is 0 Å². The van der Waals surface area contributed by atoms with Gasteiger partial charge in [-0.15, -0.1) is 0 Å². The van der Waals surface area contributed by atoms with Crippen LogP contribution in [0.4, 0.5) is 0 Å². The van der Waals surface area contributed by atoms with Crippen LogP contribution in [-0.4, -0.2) is 36.1 Å². The Bertz CT molecular complexity index is 276. The molecule has 3 heteroatoms. The topological polar surface area (TPSA) is 28.2 Å². The SMILES string of the molecule is CC.Cc1ccc(CN2CCNCC2)cn1. The first-order valence-electron chi connectivity index (χ1n) is 6.19. The standard InChI is InChI=1S/C11H17N3.C2H6/c1-10-2-3-11(8-13-10)9-14-6-4-12-5-7-14;1-2/h2-3,8,12H,4-7,9H2,1H3;1-2H3. The molecule has 1 aromatic rings. The molecule has 0 aromatic carbocycles. The fraction of sp³-hybridized carbons (Fsp3) is 0.615. The minimum Gasteiger partial charge on any atom is -0.314 e. The molecule has 1 fully saturated rings. The molecule has 90 valence electrons. The third-order valence-corrected chi connectivity index (χ3v) is 2.59. The molecule has 1 N–H and O–H groups in total. The van der Waals surface area contributed by atoms with Gasteiger partial charge >= 0.3 is 0 Å². The third-order valence-electron chi connectivity index (χ3n) is 2.59. The van der Waals surface area contributed by atoms with E-state index in [4.69, 9.17) is 0 Å². The molecule has 0 amide bonds. The Labute approximate surface area is 98.9 Å². The highest BCUT2D eigenvalue weighted by atomic mass is 15.2. The van der Waals surface area contributed by atoms with Crippen LogP contribution >= 0.6 is 0 Å². The van der Waals surface area contributed by atoms with Crippen molar-refractivity contribution in [3.05, 3.63) is 29.6 Å². The van der Waals surface area contributed by atoms with Gasteiger partial charge < -0.3 is 5.32 Å². The second-order valence-corrected chi connectivity index (χ2v) is 3.83. The Hall–Kier alpha value is -0.930. The van der Waals surface area contributed by atoms with Crippen molar-refractivity contribution in [3.8, 4) is 0 Å². The first-order chi connectivity index (χ1) is 7.84. The van der Waals surface area contributed by atoms with E-state index in [1.807, 2.05) is 27.0 Å². The number of hydrogen-bond donors (Lipinski definition) is 1. The normalized spacial score (nSPS) is 16.4. The van der Waals surface area contributed by atoms with E-state index < -0.39 is 0 Å². The van der Waals surface area contributed by atoms with Crippen LogP contribution in [0.2, 0.25) is 0 Å². The summed E-state index contributed by atoms with van der Waals surface area (Å²) in [6.45, 7) is 11.6. The molecule has 1 aromatic heterocycles. The Morgan fingerprint density at radius 3 is 2.50 bits per heavy atom. The van der Waals surface area contributed by atoms with Crippen molar-refractivity contribution in [1.29, 1.82) is 0 Å². The van der Waals surface area contributed by atoms with Crippen LogP contribution in [0.1, 0.15) is 25.1 Å². The number of nitrogens with zero attached hydrogens (tertiary/aromatic N) is 2. The zero-order valence-electron chi connectivity index (χ0n) is 10.7. The minimum absolute atomic E-state index is 1.04. The van der Waals surface area contributed by atoms with Crippen LogP contribution in [0.3, 0.4) is 0 Å². The number of piperazine rings is 1. The van der Waals surface area contributed by atoms with Gasteiger partial charge in [-0.25, -0.2) is 0 Å². The maximum Gasteiger partial charge on any atom is 0.0372 e. The van der Waals surface area contributed by atoms with E-state index in [1.54, 1.807) is 0 Å². The predicted octanol–water partition coefficient (Wildman–Crippen LogP) is 1.82. The second-order valence-electron chi connectivity index (χ2n) is 3.83. The summed E-state index contributed by atoms with van der Waals surface area (Å²) in [5.41, 5.74) is 2.41. The van der Waals surface area contributed by atoms with E-state index in [9.17, 15) is 0 Å². The number of aryl methyl sites for hydroxylation is 1. The van der Waals surface area contributed by atoms with Crippen molar-refractivity contribution in [2.75, 3.05) is 26.2 Å². The molecule has 3 nitrogen and oxygen atoms in total. The van der Waals surface area contributed by atoms with Crippen molar-refractivity contribution < 1.29 is 0 Å². The predicted molar refractivity (Wildman–Crippen MR) is 68.5 cm³/mol. The van der Waals surface area contributed by atoms with Crippen LogP contribution in [-0.2, 0) is 6.54 Å². The Morgan fingerprint density at radius 1 is 1.25 bits per heavy atom. The molecular weight excluding hydrogens is 198 g/mol. The van der Waals surface area contributed by atoms with Gasteiger partial charge in [0.2, 0.25) is 0 Å². The van der Waals surface area contributed by atoms with Crippen molar-refractivity contribution in [2.24, 2.45) is 0 Å². The fourth-order valence-electron chi connectivity index (χ4n) is 1.72. The quantitative estimate of drug-likeness (QED) is 0.825. The number of aromatic nitrogens is 1. The van der Waals surface area contributed by atoms with Gasteiger partial charge in [-0.05, 0) is 18.6 Å². The summed E-state index contributed by atoms with van der Waals surface area (Å²) in [6.07, 6.45) is 1.98. The van der Waals surface area contributed by atoms with Crippen molar-refractivity contribution >= 4 is 0 Å². The van der Waals surface area contributed by atoms with Crippen LogP contribution in [0.5, 0.6) is 0 Å². The second kappa shape index (κ2) is 7.36. The highest BCUT2D eigenvalue weighted by Gasteiger charge is 2.09. The lowest BCUT2D eigenvalue weighted by Gasteiger charge is -2.26. The van der Waals surface area contributed by atoms with E-state index >= 15 is 0 Å². The van der Waals surface area contributed by atoms with E-state index in [0.29, 0.717) is 0 Å². The molecular formula is C13H23N3. The van der Waals surface area contributed by atoms with E-state index in [0.717, 1.165) is 38.4 Å². The summed E-state index contributed by atoms with van der Waals surface area (Å²) >= 11 is 0. The minimum atomic E-state index is 1.04. The lowest BCUT2D eigenvalue weighted by atomic mass is 10.2. The molecule has 2 heterocycles. The van der Waals surface area contributed by atoms with Gasteiger partial charge in [0.25, 0.3) is 0 Å². The zero-order valence-corrected chi connectivity index (χ0v) is 10.7. The van der Waals surface area contributed by atoms with E-state index in [2.05, 4.69) is 27.3 Å². The molecule has 16 heavy (non-hydrogen) atoms. The van der Waals surface area contributed by atoms with Crippen LogP contribution in [0, 0.1) is 6.92 Å². The average molecular weight is 221 g/mol. The van der Waals surface area contributed by atoms with Gasteiger partial charge in [0, 0.05) is 44.6 Å². The van der Waals surface area contributed by atoms with Crippen LogP contribution in [0.15, 0.2) is 18.3 Å². The van der Waals surface area contributed by atoms with Crippen molar-refractivity contribution in [1.82, 2.24) is 15.2 Å². The molecule has 0 aliphatic carbocycles. The average Bonchev–Trinajstić information content (AvgIpc) is 2.36. The van der Waals surface area contributed by atoms with E-state index in [1.165, 1.54) is 5.56 Å². The smallest absolute Gasteiger partial charge is 0.0372 e. The first kappa shape index (κ1) is 13.1. The maximum absolute atomic E-state index is 4.30. The number of nitrogens with one attached hydrogen (secondary N) is 1. The van der Waals surface area contributed by atoms with E-state index in [-0.39, 0.29) is 0 Å². The van der Waals surface area contributed by atoms with Gasteiger partial charge in [-0.2, -0.15) is 0 Å². The molecule has 0 radical (unpaired) electrons. The maximum atomic E-state index is 4.30. The highest BCUT2D eigenvalue weighted by molar-refractivity contribution is 5.13. The largest absolute Gasteiger partial charge is 0.314 e. The fourth-order valence-corrected chi connectivity index (χ4v) is 1.72. The van der Waals surface area contributed by atoms with Gasteiger partial charge in [-0.3, -0.25) is 9.88 Å². The summed E-state index contributed by atoms with van der Waals surface area (Å²) in [4.78, 5) is 6.76. The molecule has 1 saturated heterocycles. The molecule has 0 saturated carbocycles.